The smallest absolute Gasteiger partial charge is 0.291 e. The summed E-state index contributed by atoms with van der Waals surface area (Å²) in [7, 11) is 0. The number of imidazole rings is 1. The standard InChI is InChI=1S/C34H27F3N2/c1-33(2,3)28-18-21(17-20-9-4-5-10-23(20)28)32-38-29-14-8-13-26-24-11-6-7-12-25(24)27-19-22(34(35,36)37)15-16-30(27)39(32)31(26)29/h5-8,10-19H,4,9H2,1-3H3. The molecule has 0 saturated heterocycles. The third-order valence-electron chi connectivity index (χ3n) is 7.95. The van der Waals surface area contributed by atoms with E-state index >= 15 is 0 Å². The van der Waals surface area contributed by atoms with Crippen LogP contribution in [0.15, 0.2) is 78.9 Å². The van der Waals surface area contributed by atoms with Gasteiger partial charge in [0.05, 0.1) is 22.3 Å². The molecule has 0 saturated carbocycles. The molecule has 5 heteroatoms. The molecule has 0 N–H and O–H groups in total. The van der Waals surface area contributed by atoms with E-state index in [1.54, 1.807) is 6.07 Å². The maximum Gasteiger partial charge on any atom is 0.416 e. The van der Waals surface area contributed by atoms with Gasteiger partial charge in [0.15, 0.2) is 0 Å². The zero-order valence-corrected chi connectivity index (χ0v) is 22.0. The molecule has 2 heterocycles. The van der Waals surface area contributed by atoms with Crippen molar-refractivity contribution < 1.29 is 13.2 Å². The Labute approximate surface area is 225 Å². The molecule has 5 aromatic rings. The van der Waals surface area contributed by atoms with E-state index in [2.05, 4.69) is 49.6 Å². The first-order valence-corrected chi connectivity index (χ1v) is 13.3. The molecule has 0 amide bonds. The van der Waals surface area contributed by atoms with Gasteiger partial charge >= 0.3 is 6.18 Å². The van der Waals surface area contributed by atoms with Crippen molar-refractivity contribution in [2.75, 3.05) is 0 Å². The minimum atomic E-state index is -4.44. The third kappa shape index (κ3) is 3.67. The van der Waals surface area contributed by atoms with Crippen molar-refractivity contribution in [1.82, 2.24) is 9.55 Å². The summed E-state index contributed by atoms with van der Waals surface area (Å²) >= 11 is 0. The average Bonchev–Trinajstić information content (AvgIpc) is 3.25. The number of hydrogen-bond acceptors (Lipinski definition) is 1. The van der Waals surface area contributed by atoms with Crippen molar-refractivity contribution in [3.8, 4) is 39.3 Å². The van der Waals surface area contributed by atoms with Crippen molar-refractivity contribution in [2.45, 2.75) is 45.2 Å². The topological polar surface area (TPSA) is 17.8 Å². The number of rotatable bonds is 1. The second-order valence-electron chi connectivity index (χ2n) is 11.5. The fourth-order valence-corrected chi connectivity index (χ4v) is 6.15. The number of fused-ring (bicyclic) bond motifs is 6. The molecule has 0 radical (unpaired) electrons. The number of para-hydroxylation sites is 1. The van der Waals surface area contributed by atoms with Crippen LogP contribution in [0.5, 0.6) is 0 Å². The molecule has 1 aliphatic heterocycles. The number of hydrogen-bond donors (Lipinski definition) is 0. The fraction of sp³-hybridized carbons (Fsp3) is 0.206. The first kappa shape index (κ1) is 24.0. The van der Waals surface area contributed by atoms with E-state index in [0.717, 1.165) is 52.0 Å². The Kier molecular flexibility index (Phi) is 5.03. The zero-order valence-electron chi connectivity index (χ0n) is 22.0. The highest BCUT2D eigenvalue weighted by molar-refractivity contribution is 6.03. The first-order valence-electron chi connectivity index (χ1n) is 13.3. The maximum atomic E-state index is 13.9. The Hall–Kier alpha value is -4.12. The highest BCUT2D eigenvalue weighted by atomic mass is 19.4. The average molecular weight is 521 g/mol. The molecule has 2 aliphatic rings. The number of nitrogens with zero attached hydrogens (tertiary/aromatic N) is 2. The number of allylic oxidation sites excluding steroid dienone is 1. The van der Waals surface area contributed by atoms with Crippen LogP contribution in [0.1, 0.15) is 49.4 Å². The molecule has 39 heavy (non-hydrogen) atoms. The molecular weight excluding hydrogens is 493 g/mol. The van der Waals surface area contributed by atoms with Crippen LogP contribution < -0.4 is 0 Å². The monoisotopic (exact) mass is 520 g/mol. The number of aromatic nitrogens is 2. The van der Waals surface area contributed by atoms with E-state index in [-0.39, 0.29) is 5.41 Å². The number of aryl methyl sites for hydroxylation is 1. The lowest BCUT2D eigenvalue weighted by Crippen LogP contribution is -2.16. The molecule has 1 aromatic heterocycles. The summed E-state index contributed by atoms with van der Waals surface area (Å²) in [4.78, 5) is 5.13. The van der Waals surface area contributed by atoms with E-state index in [0.29, 0.717) is 11.3 Å². The molecule has 0 unspecified atom stereocenters. The van der Waals surface area contributed by atoms with Gasteiger partial charge in [-0.05, 0) is 82.5 Å². The lowest BCUT2D eigenvalue weighted by atomic mass is 9.79. The van der Waals surface area contributed by atoms with Crippen molar-refractivity contribution in [2.24, 2.45) is 0 Å². The lowest BCUT2D eigenvalue weighted by Gasteiger charge is -2.26. The first-order chi connectivity index (χ1) is 18.6. The van der Waals surface area contributed by atoms with Gasteiger partial charge in [0.25, 0.3) is 0 Å². The molecule has 1 aliphatic carbocycles. The van der Waals surface area contributed by atoms with Crippen LogP contribution in [0.3, 0.4) is 0 Å². The summed E-state index contributed by atoms with van der Waals surface area (Å²) in [5.41, 5.74) is 9.66. The Morgan fingerprint density at radius 3 is 2.28 bits per heavy atom. The van der Waals surface area contributed by atoms with Crippen molar-refractivity contribution in [1.29, 1.82) is 0 Å². The van der Waals surface area contributed by atoms with Crippen LogP contribution in [-0.4, -0.2) is 9.55 Å². The predicted molar refractivity (Wildman–Crippen MR) is 152 cm³/mol. The quantitative estimate of drug-likeness (QED) is 0.211. The van der Waals surface area contributed by atoms with E-state index < -0.39 is 11.7 Å². The minimum Gasteiger partial charge on any atom is -0.291 e. The van der Waals surface area contributed by atoms with Crippen molar-refractivity contribution in [3.63, 3.8) is 0 Å². The number of alkyl halides is 3. The van der Waals surface area contributed by atoms with Gasteiger partial charge in [-0.25, -0.2) is 4.98 Å². The SMILES string of the molecule is CC(C)(C)c1cc(-c2nc3cccc4c3n2-c2ccc(C(F)(F)F)cc2-c2ccccc2-4)cc2c1C=CCC2. The summed E-state index contributed by atoms with van der Waals surface area (Å²) in [5.74, 6) is 0.745. The number of benzene rings is 4. The summed E-state index contributed by atoms with van der Waals surface area (Å²) in [6.07, 6.45) is 1.95. The number of halogens is 3. The molecule has 7 rings (SSSR count). The second kappa shape index (κ2) is 8.19. The summed E-state index contributed by atoms with van der Waals surface area (Å²) in [6.45, 7) is 6.65. The summed E-state index contributed by atoms with van der Waals surface area (Å²) in [6, 6.07) is 22.2. The van der Waals surface area contributed by atoms with Gasteiger partial charge in [-0.3, -0.25) is 4.57 Å². The van der Waals surface area contributed by atoms with Crippen LogP contribution in [-0.2, 0) is 18.0 Å². The minimum absolute atomic E-state index is 0.0898. The molecule has 0 spiro atoms. The van der Waals surface area contributed by atoms with Crippen LogP contribution in [0.25, 0.3) is 56.4 Å². The Balaban J connectivity index is 1.61. The molecule has 2 nitrogen and oxygen atoms in total. The van der Waals surface area contributed by atoms with Gasteiger partial charge in [-0.1, -0.05) is 69.3 Å². The normalized spacial score (nSPS) is 14.1. The van der Waals surface area contributed by atoms with Gasteiger partial charge in [-0.15, -0.1) is 0 Å². The van der Waals surface area contributed by atoms with Gasteiger partial charge in [0.2, 0.25) is 0 Å². The molecule has 0 atom stereocenters. The molecule has 0 bridgehead atoms. The van der Waals surface area contributed by atoms with Crippen LogP contribution >= 0.6 is 0 Å². The van der Waals surface area contributed by atoms with Crippen molar-refractivity contribution >= 4 is 17.1 Å². The lowest BCUT2D eigenvalue weighted by molar-refractivity contribution is -0.137. The Bertz CT molecular complexity index is 1830. The van der Waals surface area contributed by atoms with Crippen LogP contribution in [0, 0.1) is 0 Å². The van der Waals surface area contributed by atoms with E-state index in [9.17, 15) is 13.2 Å². The largest absolute Gasteiger partial charge is 0.416 e. The Morgan fingerprint density at radius 2 is 1.54 bits per heavy atom. The second-order valence-corrected chi connectivity index (χ2v) is 11.5. The van der Waals surface area contributed by atoms with Gasteiger partial charge in [0.1, 0.15) is 5.82 Å². The summed E-state index contributed by atoms with van der Waals surface area (Å²) in [5, 5.41) is 0. The molecule has 194 valence electrons. The molecule has 4 aromatic carbocycles. The van der Waals surface area contributed by atoms with Gasteiger partial charge in [-0.2, -0.15) is 13.2 Å². The predicted octanol–water partition coefficient (Wildman–Crippen LogP) is 9.62. The van der Waals surface area contributed by atoms with Gasteiger partial charge < -0.3 is 0 Å². The van der Waals surface area contributed by atoms with E-state index in [4.69, 9.17) is 4.98 Å². The van der Waals surface area contributed by atoms with Crippen LogP contribution in [0.4, 0.5) is 13.2 Å². The zero-order chi connectivity index (χ0) is 27.1. The highest BCUT2D eigenvalue weighted by Gasteiger charge is 2.33. The van der Waals surface area contributed by atoms with E-state index in [1.807, 2.05) is 42.5 Å². The van der Waals surface area contributed by atoms with Gasteiger partial charge in [0, 0.05) is 16.7 Å². The maximum absolute atomic E-state index is 13.9. The van der Waals surface area contributed by atoms with Crippen LogP contribution in [0.2, 0.25) is 0 Å². The van der Waals surface area contributed by atoms with Crippen molar-refractivity contribution in [3.05, 3.63) is 101 Å². The Morgan fingerprint density at radius 1 is 0.795 bits per heavy atom. The van der Waals surface area contributed by atoms with E-state index in [1.165, 1.54) is 28.8 Å². The molecule has 0 fully saturated rings. The summed E-state index contributed by atoms with van der Waals surface area (Å²) < 4.78 is 43.8. The fourth-order valence-electron chi connectivity index (χ4n) is 6.15. The molecular formula is C34H27F3N2. The highest BCUT2D eigenvalue weighted by Crippen LogP contribution is 2.47. The third-order valence-corrected chi connectivity index (χ3v) is 7.95.